The van der Waals surface area contributed by atoms with Crippen molar-refractivity contribution in [3.8, 4) is 0 Å². The molecule has 1 aromatic carbocycles. The maximum Gasteiger partial charge on any atom is 0.230 e. The van der Waals surface area contributed by atoms with E-state index in [0.717, 1.165) is 64.2 Å². The average Bonchev–Trinajstić information content (AvgIpc) is 2.97. The van der Waals surface area contributed by atoms with Gasteiger partial charge >= 0.3 is 0 Å². The van der Waals surface area contributed by atoms with Crippen LogP contribution in [0.4, 0.5) is 4.39 Å². The Bertz CT molecular complexity index is 645. The predicted molar refractivity (Wildman–Crippen MR) is 115 cm³/mol. The third kappa shape index (κ3) is 4.81. The fourth-order valence-electron chi connectivity index (χ4n) is 5.16. The van der Waals surface area contributed by atoms with Crippen LogP contribution in [0.25, 0.3) is 0 Å². The monoisotopic (exact) mass is 431 g/mol. The molecule has 1 amide bonds. The molecule has 7 heteroatoms. The molecule has 3 fully saturated rings. The Kier molecular flexibility index (Phi) is 8.56. The number of benzene rings is 1. The first-order valence-electron chi connectivity index (χ1n) is 10.1. The summed E-state index contributed by atoms with van der Waals surface area (Å²) in [5, 5.41) is 3.50. The smallest absolute Gasteiger partial charge is 0.230 e. The fraction of sp³-hybridized carbons (Fsp3) is 0.667. The molecule has 0 aromatic heterocycles. The molecule has 1 aromatic rings. The van der Waals surface area contributed by atoms with Gasteiger partial charge in [-0.3, -0.25) is 9.69 Å². The maximum atomic E-state index is 13.4. The number of carbonyl (C=O) groups excluding carboxylic acids is 1. The summed E-state index contributed by atoms with van der Waals surface area (Å²) in [7, 11) is 0. The van der Waals surface area contributed by atoms with E-state index in [0.29, 0.717) is 11.8 Å². The summed E-state index contributed by atoms with van der Waals surface area (Å²) in [5.74, 6) is 0.742. The van der Waals surface area contributed by atoms with Crippen molar-refractivity contribution in [2.24, 2.45) is 11.3 Å². The van der Waals surface area contributed by atoms with E-state index < -0.39 is 0 Å². The Labute approximate surface area is 180 Å². The minimum atomic E-state index is -0.187. The number of hydrogen-bond donors (Lipinski definition) is 1. The SMILES string of the molecule is Cl.Cl.O=C(N1CCCN(Cc2ccc(F)cc2)CC1)[C@@]12CCCC[C@H]1CNC2. The lowest BCUT2D eigenvalue weighted by molar-refractivity contribution is -0.145. The van der Waals surface area contributed by atoms with Crippen molar-refractivity contribution in [3.63, 3.8) is 0 Å². The third-order valence-corrected chi connectivity index (χ3v) is 6.66. The Morgan fingerprint density at radius 3 is 2.64 bits per heavy atom. The van der Waals surface area contributed by atoms with Crippen LogP contribution in [0.5, 0.6) is 0 Å². The summed E-state index contributed by atoms with van der Waals surface area (Å²) in [4.78, 5) is 18.0. The van der Waals surface area contributed by atoms with Crippen molar-refractivity contribution >= 4 is 30.7 Å². The van der Waals surface area contributed by atoms with E-state index in [-0.39, 0.29) is 36.0 Å². The summed E-state index contributed by atoms with van der Waals surface area (Å²) >= 11 is 0. The number of fused-ring (bicyclic) bond motifs is 1. The van der Waals surface area contributed by atoms with Crippen LogP contribution in [0, 0.1) is 17.2 Å². The summed E-state index contributed by atoms with van der Waals surface area (Å²) in [5.41, 5.74) is 1.00. The van der Waals surface area contributed by atoms with Gasteiger partial charge in [0.15, 0.2) is 0 Å². The molecule has 4 rings (SSSR count). The molecule has 1 saturated carbocycles. The van der Waals surface area contributed by atoms with Gasteiger partial charge in [-0.2, -0.15) is 0 Å². The molecule has 2 atom stereocenters. The molecule has 2 heterocycles. The quantitative estimate of drug-likeness (QED) is 0.795. The normalized spacial score (nSPS) is 27.9. The second-order valence-electron chi connectivity index (χ2n) is 8.28. The number of halogens is 3. The van der Waals surface area contributed by atoms with E-state index in [9.17, 15) is 9.18 Å². The molecular weight excluding hydrogens is 400 g/mol. The predicted octanol–water partition coefficient (Wildman–Crippen LogP) is 3.48. The summed E-state index contributed by atoms with van der Waals surface area (Å²) in [6.45, 7) is 6.29. The minimum Gasteiger partial charge on any atom is -0.341 e. The van der Waals surface area contributed by atoms with Gasteiger partial charge in [0.2, 0.25) is 5.91 Å². The Hall–Kier alpha value is -0.880. The highest BCUT2D eigenvalue weighted by atomic mass is 35.5. The first-order valence-corrected chi connectivity index (χ1v) is 10.1. The van der Waals surface area contributed by atoms with Gasteiger partial charge in [0.1, 0.15) is 5.82 Å². The lowest BCUT2D eigenvalue weighted by Gasteiger charge is -2.40. The van der Waals surface area contributed by atoms with Crippen LogP contribution >= 0.6 is 24.8 Å². The zero-order valence-corrected chi connectivity index (χ0v) is 18.0. The van der Waals surface area contributed by atoms with Gasteiger partial charge in [0, 0.05) is 39.3 Å². The summed E-state index contributed by atoms with van der Waals surface area (Å²) in [6.07, 6.45) is 5.73. The highest BCUT2D eigenvalue weighted by molar-refractivity contribution is 5.85. The van der Waals surface area contributed by atoms with E-state index >= 15 is 0 Å². The van der Waals surface area contributed by atoms with Gasteiger partial charge in [-0.1, -0.05) is 25.0 Å². The lowest BCUT2D eigenvalue weighted by atomic mass is 9.67. The zero-order chi connectivity index (χ0) is 18.0. The highest BCUT2D eigenvalue weighted by Gasteiger charge is 2.51. The zero-order valence-electron chi connectivity index (χ0n) is 16.4. The molecule has 0 unspecified atom stereocenters. The molecule has 2 aliphatic heterocycles. The van der Waals surface area contributed by atoms with Crippen LogP contribution in [-0.2, 0) is 11.3 Å². The van der Waals surface area contributed by atoms with Crippen molar-refractivity contribution in [2.75, 3.05) is 39.3 Å². The van der Waals surface area contributed by atoms with Gasteiger partial charge in [-0.05, 0) is 49.4 Å². The van der Waals surface area contributed by atoms with Crippen molar-refractivity contribution < 1.29 is 9.18 Å². The van der Waals surface area contributed by atoms with E-state index in [4.69, 9.17) is 0 Å². The topological polar surface area (TPSA) is 35.6 Å². The first-order chi connectivity index (χ1) is 12.7. The lowest BCUT2D eigenvalue weighted by Crippen LogP contribution is -2.50. The van der Waals surface area contributed by atoms with Crippen molar-refractivity contribution in [2.45, 2.75) is 38.6 Å². The Morgan fingerprint density at radius 2 is 1.86 bits per heavy atom. The van der Waals surface area contributed by atoms with Crippen LogP contribution < -0.4 is 5.32 Å². The molecule has 2 saturated heterocycles. The first kappa shape index (κ1) is 23.4. The van der Waals surface area contributed by atoms with Crippen LogP contribution in [-0.4, -0.2) is 55.0 Å². The molecular formula is C21H32Cl2FN3O. The van der Waals surface area contributed by atoms with E-state index in [2.05, 4.69) is 15.1 Å². The molecule has 1 N–H and O–H groups in total. The van der Waals surface area contributed by atoms with E-state index in [1.807, 2.05) is 12.1 Å². The number of hydrogen-bond acceptors (Lipinski definition) is 3. The van der Waals surface area contributed by atoms with Crippen LogP contribution in [0.2, 0.25) is 0 Å². The number of amides is 1. The Balaban J connectivity index is 0.00000140. The van der Waals surface area contributed by atoms with Crippen LogP contribution in [0.1, 0.15) is 37.7 Å². The molecule has 158 valence electrons. The van der Waals surface area contributed by atoms with Crippen molar-refractivity contribution in [1.82, 2.24) is 15.1 Å². The van der Waals surface area contributed by atoms with E-state index in [1.54, 1.807) is 0 Å². The molecule has 3 aliphatic rings. The molecule has 0 radical (unpaired) electrons. The van der Waals surface area contributed by atoms with Gasteiger partial charge in [0.05, 0.1) is 5.41 Å². The molecule has 0 bridgehead atoms. The molecule has 1 aliphatic carbocycles. The maximum absolute atomic E-state index is 13.4. The molecule has 4 nitrogen and oxygen atoms in total. The highest BCUT2D eigenvalue weighted by Crippen LogP contribution is 2.45. The minimum absolute atomic E-state index is 0. The Morgan fingerprint density at radius 1 is 1.07 bits per heavy atom. The van der Waals surface area contributed by atoms with Gasteiger partial charge < -0.3 is 10.2 Å². The average molecular weight is 432 g/mol. The van der Waals surface area contributed by atoms with E-state index in [1.165, 1.54) is 31.4 Å². The van der Waals surface area contributed by atoms with Crippen molar-refractivity contribution in [3.05, 3.63) is 35.6 Å². The number of rotatable bonds is 3. The molecule has 28 heavy (non-hydrogen) atoms. The largest absolute Gasteiger partial charge is 0.341 e. The van der Waals surface area contributed by atoms with Gasteiger partial charge in [0.25, 0.3) is 0 Å². The van der Waals surface area contributed by atoms with Crippen LogP contribution in [0.15, 0.2) is 24.3 Å². The summed E-state index contributed by atoms with van der Waals surface area (Å²) in [6, 6.07) is 6.77. The van der Waals surface area contributed by atoms with Gasteiger partial charge in [-0.25, -0.2) is 4.39 Å². The van der Waals surface area contributed by atoms with Gasteiger partial charge in [-0.15, -0.1) is 24.8 Å². The number of nitrogens with zero attached hydrogens (tertiary/aromatic N) is 2. The standard InChI is InChI=1S/C21H30FN3O.2ClH/c22-19-7-5-17(6-8-19)15-24-10-3-11-25(13-12-24)20(26)21-9-2-1-4-18(21)14-23-16-21;;/h5-8,18,23H,1-4,9-16H2;2*1H/t18-,21+;;/m0../s1. The third-order valence-electron chi connectivity index (χ3n) is 6.66. The second-order valence-corrected chi connectivity index (χ2v) is 8.28. The fourth-order valence-corrected chi connectivity index (χ4v) is 5.16. The second kappa shape index (κ2) is 10.2. The number of carbonyl (C=O) groups is 1. The summed E-state index contributed by atoms with van der Waals surface area (Å²) < 4.78 is 13.1. The number of nitrogens with one attached hydrogen (secondary N) is 1. The molecule has 0 spiro atoms. The van der Waals surface area contributed by atoms with Crippen molar-refractivity contribution in [1.29, 1.82) is 0 Å². The van der Waals surface area contributed by atoms with Crippen LogP contribution in [0.3, 0.4) is 0 Å².